The van der Waals surface area contributed by atoms with E-state index in [9.17, 15) is 9.90 Å². The van der Waals surface area contributed by atoms with E-state index in [1.165, 1.54) is 0 Å². The SMILES string of the molecule is CC[C@]12O[C@@H]3[C@H](O)[C@H]4C[C@H]3[C@@H]1[C@H]4C(=O)N2C. The van der Waals surface area contributed by atoms with Crippen LogP contribution in [-0.2, 0) is 9.53 Å². The summed E-state index contributed by atoms with van der Waals surface area (Å²) in [6.07, 6.45) is 1.41. The Morgan fingerprint density at radius 3 is 3.00 bits per heavy atom. The van der Waals surface area contributed by atoms with Gasteiger partial charge in [-0.05, 0) is 24.7 Å². The van der Waals surface area contributed by atoms with Gasteiger partial charge >= 0.3 is 0 Å². The monoisotopic (exact) mass is 223 g/mol. The van der Waals surface area contributed by atoms with Gasteiger partial charge in [-0.15, -0.1) is 0 Å². The van der Waals surface area contributed by atoms with Gasteiger partial charge in [0, 0.05) is 13.0 Å². The van der Waals surface area contributed by atoms with Crippen molar-refractivity contribution in [3.8, 4) is 0 Å². The normalized spacial score (nSPS) is 61.4. The van der Waals surface area contributed by atoms with E-state index in [-0.39, 0.29) is 23.8 Å². The van der Waals surface area contributed by atoms with Crippen LogP contribution in [0.2, 0.25) is 0 Å². The average Bonchev–Trinajstić information content (AvgIpc) is 2.91. The molecule has 4 aliphatic rings. The molecule has 1 amide bonds. The van der Waals surface area contributed by atoms with Gasteiger partial charge in [0.1, 0.15) is 5.72 Å². The Balaban J connectivity index is 1.90. The highest BCUT2D eigenvalue weighted by Crippen LogP contribution is 2.67. The van der Waals surface area contributed by atoms with Crippen molar-refractivity contribution in [1.29, 1.82) is 0 Å². The highest BCUT2D eigenvalue weighted by atomic mass is 16.6. The van der Waals surface area contributed by atoms with Crippen molar-refractivity contribution < 1.29 is 14.6 Å². The zero-order valence-electron chi connectivity index (χ0n) is 9.59. The van der Waals surface area contributed by atoms with E-state index in [0.29, 0.717) is 11.8 Å². The highest BCUT2D eigenvalue weighted by Gasteiger charge is 2.77. The number of nitrogens with zero attached hydrogens (tertiary/aromatic N) is 1. The van der Waals surface area contributed by atoms with Gasteiger partial charge in [-0.25, -0.2) is 0 Å². The van der Waals surface area contributed by atoms with Crippen LogP contribution in [0.3, 0.4) is 0 Å². The maximum absolute atomic E-state index is 12.3. The lowest BCUT2D eigenvalue weighted by Gasteiger charge is -2.35. The summed E-state index contributed by atoms with van der Waals surface area (Å²) in [7, 11) is 1.86. The molecule has 0 spiro atoms. The molecule has 2 bridgehead atoms. The fraction of sp³-hybridized carbons (Fsp3) is 0.917. The second-order valence-corrected chi connectivity index (χ2v) is 5.78. The summed E-state index contributed by atoms with van der Waals surface area (Å²) in [5.74, 6) is 1.14. The van der Waals surface area contributed by atoms with E-state index < -0.39 is 11.8 Å². The molecule has 0 unspecified atom stereocenters. The fourth-order valence-electron chi connectivity index (χ4n) is 5.02. The first-order chi connectivity index (χ1) is 7.62. The van der Waals surface area contributed by atoms with Crippen LogP contribution in [-0.4, -0.2) is 40.9 Å². The van der Waals surface area contributed by atoms with Crippen LogP contribution in [0.1, 0.15) is 19.8 Å². The molecular formula is C12H17NO3. The highest BCUT2D eigenvalue weighted by molar-refractivity contribution is 5.84. The van der Waals surface area contributed by atoms with E-state index in [4.69, 9.17) is 4.74 Å². The Morgan fingerprint density at radius 1 is 1.56 bits per heavy atom. The second-order valence-electron chi connectivity index (χ2n) is 5.78. The van der Waals surface area contributed by atoms with Crippen LogP contribution < -0.4 is 0 Å². The quantitative estimate of drug-likeness (QED) is 0.691. The van der Waals surface area contributed by atoms with Crippen LogP contribution in [0.15, 0.2) is 0 Å². The van der Waals surface area contributed by atoms with Crippen LogP contribution in [0.25, 0.3) is 0 Å². The first-order valence-corrected chi connectivity index (χ1v) is 6.25. The minimum atomic E-state index is -0.405. The molecular weight excluding hydrogens is 206 g/mol. The lowest BCUT2D eigenvalue weighted by atomic mass is 9.76. The third-order valence-electron chi connectivity index (χ3n) is 5.60. The van der Waals surface area contributed by atoms with E-state index in [0.717, 1.165) is 12.8 Å². The van der Waals surface area contributed by atoms with E-state index >= 15 is 0 Å². The van der Waals surface area contributed by atoms with Gasteiger partial charge in [0.2, 0.25) is 5.91 Å². The summed E-state index contributed by atoms with van der Waals surface area (Å²) in [5.41, 5.74) is -0.399. The molecule has 16 heavy (non-hydrogen) atoms. The van der Waals surface area contributed by atoms with Crippen LogP contribution >= 0.6 is 0 Å². The molecule has 2 aliphatic heterocycles. The zero-order valence-corrected chi connectivity index (χ0v) is 9.59. The van der Waals surface area contributed by atoms with Gasteiger partial charge in [0.05, 0.1) is 18.1 Å². The molecule has 88 valence electrons. The Morgan fingerprint density at radius 2 is 2.31 bits per heavy atom. The fourth-order valence-corrected chi connectivity index (χ4v) is 5.02. The van der Waals surface area contributed by atoms with Gasteiger partial charge in [-0.2, -0.15) is 0 Å². The molecule has 4 heteroatoms. The number of carbonyl (C=O) groups excluding carboxylic acids is 1. The molecule has 0 radical (unpaired) electrons. The largest absolute Gasteiger partial charge is 0.390 e. The number of aliphatic hydroxyl groups excluding tert-OH is 1. The number of amides is 1. The standard InChI is InChI=1S/C12H17NO3/c1-3-12-8-6-4-5(9(14)10(6)16-12)7(8)11(15)13(12)2/h5-10,14H,3-4H2,1-2H3/t5-,6-,7-,8+,9+,10-,12-/m0/s1. The molecule has 2 aliphatic carbocycles. The first kappa shape index (κ1) is 9.42. The summed E-state index contributed by atoms with van der Waals surface area (Å²) in [4.78, 5) is 14.1. The number of rotatable bonds is 1. The second kappa shape index (κ2) is 2.46. The summed E-state index contributed by atoms with van der Waals surface area (Å²) < 4.78 is 6.12. The van der Waals surface area contributed by atoms with Crippen molar-refractivity contribution in [1.82, 2.24) is 4.90 Å². The predicted molar refractivity (Wildman–Crippen MR) is 55.2 cm³/mol. The zero-order chi connectivity index (χ0) is 11.2. The molecule has 2 saturated carbocycles. The minimum Gasteiger partial charge on any atom is -0.390 e. The molecule has 2 saturated heterocycles. The van der Waals surface area contributed by atoms with Crippen molar-refractivity contribution in [3.63, 3.8) is 0 Å². The van der Waals surface area contributed by atoms with Gasteiger partial charge in [-0.3, -0.25) is 4.79 Å². The molecule has 0 aromatic carbocycles. The Kier molecular flexibility index (Phi) is 1.45. The summed E-state index contributed by atoms with van der Waals surface area (Å²) in [6.45, 7) is 2.08. The molecule has 7 atom stereocenters. The summed E-state index contributed by atoms with van der Waals surface area (Å²) in [5, 5.41) is 10.1. The van der Waals surface area contributed by atoms with Gasteiger partial charge in [0.15, 0.2) is 0 Å². The molecule has 4 rings (SSSR count). The first-order valence-electron chi connectivity index (χ1n) is 6.25. The third-order valence-corrected chi connectivity index (χ3v) is 5.60. The number of carbonyl (C=O) groups is 1. The number of likely N-dealkylation sites (tertiary alicyclic amines) is 1. The van der Waals surface area contributed by atoms with E-state index in [2.05, 4.69) is 6.92 Å². The number of fused-ring (bicyclic) bond motifs is 2. The molecule has 0 aromatic heterocycles. The Labute approximate surface area is 94.6 Å². The summed E-state index contributed by atoms with van der Waals surface area (Å²) >= 11 is 0. The predicted octanol–water partition coefficient (Wildman–Crippen LogP) is 0.206. The Bertz CT molecular complexity index is 384. The smallest absolute Gasteiger partial charge is 0.228 e. The van der Waals surface area contributed by atoms with Crippen molar-refractivity contribution in [2.24, 2.45) is 23.7 Å². The number of aliphatic hydroxyl groups is 1. The van der Waals surface area contributed by atoms with Crippen LogP contribution in [0, 0.1) is 23.7 Å². The lowest BCUT2D eigenvalue weighted by molar-refractivity contribution is -0.173. The van der Waals surface area contributed by atoms with Gasteiger partial charge in [0.25, 0.3) is 0 Å². The molecule has 4 nitrogen and oxygen atoms in total. The van der Waals surface area contributed by atoms with E-state index in [1.54, 1.807) is 0 Å². The molecule has 1 N–H and O–H groups in total. The van der Waals surface area contributed by atoms with Crippen LogP contribution in [0.5, 0.6) is 0 Å². The van der Waals surface area contributed by atoms with Crippen LogP contribution in [0.4, 0.5) is 0 Å². The maximum atomic E-state index is 12.3. The van der Waals surface area contributed by atoms with Gasteiger partial charge < -0.3 is 14.7 Å². The lowest BCUT2D eigenvalue weighted by Crippen LogP contribution is -2.48. The topological polar surface area (TPSA) is 49.8 Å². The average molecular weight is 223 g/mol. The van der Waals surface area contributed by atoms with Crippen molar-refractivity contribution in [3.05, 3.63) is 0 Å². The maximum Gasteiger partial charge on any atom is 0.228 e. The summed E-state index contributed by atoms with van der Waals surface area (Å²) in [6, 6.07) is 0. The van der Waals surface area contributed by atoms with Crippen molar-refractivity contribution >= 4 is 5.91 Å². The van der Waals surface area contributed by atoms with Gasteiger partial charge in [-0.1, -0.05) is 6.92 Å². The third kappa shape index (κ3) is 0.670. The molecule has 4 fully saturated rings. The van der Waals surface area contributed by atoms with Crippen molar-refractivity contribution in [2.75, 3.05) is 7.05 Å². The van der Waals surface area contributed by atoms with E-state index in [1.807, 2.05) is 11.9 Å². The number of ether oxygens (including phenoxy) is 1. The molecule has 0 aromatic rings. The number of hydrogen-bond acceptors (Lipinski definition) is 3. The minimum absolute atomic E-state index is 0.0123. The number of hydrogen-bond donors (Lipinski definition) is 1. The molecule has 2 heterocycles. The van der Waals surface area contributed by atoms with Crippen molar-refractivity contribution in [2.45, 2.75) is 37.7 Å². The Hall–Kier alpha value is -0.610.